The summed E-state index contributed by atoms with van der Waals surface area (Å²) in [5, 5.41) is 3.75. The van der Waals surface area contributed by atoms with Gasteiger partial charge < -0.3 is 15.0 Å². The van der Waals surface area contributed by atoms with Crippen molar-refractivity contribution in [3.05, 3.63) is 52.0 Å². The molecule has 0 saturated heterocycles. The second-order valence-electron chi connectivity index (χ2n) is 5.70. The molecule has 0 atom stereocenters. The first-order valence-electron chi connectivity index (χ1n) is 8.00. The summed E-state index contributed by atoms with van der Waals surface area (Å²) in [6, 6.07) is 10.3. The molecule has 0 spiro atoms. The van der Waals surface area contributed by atoms with Crippen molar-refractivity contribution in [1.29, 1.82) is 0 Å². The SMILES string of the molecule is COc1ccc(NC(=O)CCN(C(C)=O)c2cccc(Cl)c2C)cc1Cl. The number of amides is 2. The summed E-state index contributed by atoms with van der Waals surface area (Å²) in [6.45, 7) is 3.54. The van der Waals surface area contributed by atoms with E-state index in [1.165, 1.54) is 14.0 Å². The molecule has 0 aliphatic carbocycles. The Balaban J connectivity index is 2.05. The van der Waals surface area contributed by atoms with Gasteiger partial charge in [0.15, 0.2) is 0 Å². The second-order valence-corrected chi connectivity index (χ2v) is 6.52. The molecule has 0 saturated carbocycles. The predicted octanol–water partition coefficient (Wildman–Crippen LogP) is 4.69. The molecular formula is C19H20Cl2N2O3. The average molecular weight is 395 g/mol. The minimum Gasteiger partial charge on any atom is -0.495 e. The van der Waals surface area contributed by atoms with Gasteiger partial charge in [0.05, 0.1) is 12.1 Å². The van der Waals surface area contributed by atoms with E-state index in [1.807, 2.05) is 13.0 Å². The van der Waals surface area contributed by atoms with Crippen LogP contribution in [0.5, 0.6) is 5.75 Å². The third-order valence-corrected chi connectivity index (χ3v) is 4.61. The minimum absolute atomic E-state index is 0.134. The lowest BCUT2D eigenvalue weighted by molar-refractivity contribution is -0.117. The van der Waals surface area contributed by atoms with Crippen LogP contribution in [0.15, 0.2) is 36.4 Å². The third-order valence-electron chi connectivity index (χ3n) is 3.91. The average Bonchev–Trinajstić information content (AvgIpc) is 2.58. The zero-order valence-electron chi connectivity index (χ0n) is 14.8. The van der Waals surface area contributed by atoms with Gasteiger partial charge in [0.25, 0.3) is 0 Å². The van der Waals surface area contributed by atoms with Crippen molar-refractivity contribution in [2.75, 3.05) is 23.9 Å². The van der Waals surface area contributed by atoms with Crippen molar-refractivity contribution in [3.63, 3.8) is 0 Å². The third kappa shape index (κ3) is 4.90. The summed E-state index contributed by atoms with van der Waals surface area (Å²) in [7, 11) is 1.52. The Bertz CT molecular complexity index is 824. The summed E-state index contributed by atoms with van der Waals surface area (Å²) in [5.41, 5.74) is 2.06. The molecule has 0 fully saturated rings. The van der Waals surface area contributed by atoms with Crippen LogP contribution in [-0.4, -0.2) is 25.5 Å². The Morgan fingerprint density at radius 1 is 1.15 bits per heavy atom. The fraction of sp³-hybridized carbons (Fsp3) is 0.263. The van der Waals surface area contributed by atoms with E-state index in [0.717, 1.165) is 5.56 Å². The van der Waals surface area contributed by atoms with Gasteiger partial charge in [0.1, 0.15) is 5.75 Å². The van der Waals surface area contributed by atoms with Gasteiger partial charge in [-0.15, -0.1) is 0 Å². The Kier molecular flexibility index (Phi) is 6.89. The van der Waals surface area contributed by atoms with Crippen LogP contribution in [0.4, 0.5) is 11.4 Å². The van der Waals surface area contributed by atoms with Crippen LogP contribution < -0.4 is 15.0 Å². The first-order valence-corrected chi connectivity index (χ1v) is 8.75. The van der Waals surface area contributed by atoms with E-state index in [-0.39, 0.29) is 24.8 Å². The summed E-state index contributed by atoms with van der Waals surface area (Å²) >= 11 is 12.2. The number of benzene rings is 2. The molecule has 0 heterocycles. The number of nitrogens with one attached hydrogen (secondary N) is 1. The number of hydrogen-bond donors (Lipinski definition) is 1. The van der Waals surface area contributed by atoms with Crippen LogP contribution in [0.2, 0.25) is 10.0 Å². The Hall–Kier alpha value is -2.24. The summed E-state index contributed by atoms with van der Waals surface area (Å²) < 4.78 is 5.08. The van der Waals surface area contributed by atoms with Crippen molar-refractivity contribution < 1.29 is 14.3 Å². The number of nitrogens with zero attached hydrogens (tertiary/aromatic N) is 1. The van der Waals surface area contributed by atoms with Crippen molar-refractivity contribution in [1.82, 2.24) is 0 Å². The molecule has 0 aliphatic heterocycles. The molecule has 0 aromatic heterocycles. The lowest BCUT2D eigenvalue weighted by Gasteiger charge is -2.23. The van der Waals surface area contributed by atoms with Crippen LogP contribution in [0.3, 0.4) is 0 Å². The van der Waals surface area contributed by atoms with Crippen molar-refractivity contribution >= 4 is 46.4 Å². The molecule has 2 rings (SSSR count). The maximum atomic E-state index is 12.2. The molecule has 0 radical (unpaired) electrons. The number of carbonyl (C=O) groups is 2. The number of rotatable bonds is 6. The maximum Gasteiger partial charge on any atom is 0.226 e. The topological polar surface area (TPSA) is 58.6 Å². The van der Waals surface area contributed by atoms with E-state index < -0.39 is 0 Å². The lowest BCUT2D eigenvalue weighted by atomic mass is 10.1. The Morgan fingerprint density at radius 2 is 1.88 bits per heavy atom. The van der Waals surface area contributed by atoms with Crippen LogP contribution in [0.25, 0.3) is 0 Å². The van der Waals surface area contributed by atoms with Gasteiger partial charge in [-0.25, -0.2) is 0 Å². The van der Waals surface area contributed by atoms with E-state index >= 15 is 0 Å². The van der Waals surface area contributed by atoms with Crippen LogP contribution in [0, 0.1) is 6.92 Å². The molecule has 1 N–H and O–H groups in total. The molecule has 5 nitrogen and oxygen atoms in total. The second kappa shape index (κ2) is 8.92. The zero-order chi connectivity index (χ0) is 19.3. The molecular weight excluding hydrogens is 375 g/mol. The molecule has 0 bridgehead atoms. The van der Waals surface area contributed by atoms with Crippen molar-refractivity contribution in [3.8, 4) is 5.75 Å². The van der Waals surface area contributed by atoms with E-state index in [1.54, 1.807) is 35.2 Å². The Labute approximate surface area is 162 Å². The number of ether oxygens (including phenoxy) is 1. The van der Waals surface area contributed by atoms with E-state index in [2.05, 4.69) is 5.32 Å². The van der Waals surface area contributed by atoms with Crippen molar-refractivity contribution in [2.24, 2.45) is 0 Å². The van der Waals surface area contributed by atoms with Gasteiger partial charge in [-0.05, 0) is 42.8 Å². The van der Waals surface area contributed by atoms with Crippen LogP contribution in [0.1, 0.15) is 18.9 Å². The largest absolute Gasteiger partial charge is 0.495 e. The number of hydrogen-bond acceptors (Lipinski definition) is 3. The van der Waals surface area contributed by atoms with E-state index in [0.29, 0.717) is 27.2 Å². The monoisotopic (exact) mass is 394 g/mol. The van der Waals surface area contributed by atoms with Gasteiger partial charge in [-0.2, -0.15) is 0 Å². The van der Waals surface area contributed by atoms with E-state index in [4.69, 9.17) is 27.9 Å². The van der Waals surface area contributed by atoms with Gasteiger partial charge in [0, 0.05) is 36.3 Å². The van der Waals surface area contributed by atoms with Gasteiger partial charge >= 0.3 is 0 Å². The normalized spacial score (nSPS) is 10.3. The Morgan fingerprint density at radius 3 is 2.50 bits per heavy atom. The summed E-state index contributed by atoms with van der Waals surface area (Å²) in [6.07, 6.45) is 0.134. The lowest BCUT2D eigenvalue weighted by Crippen LogP contribution is -2.32. The highest BCUT2D eigenvalue weighted by atomic mass is 35.5. The first kappa shape index (κ1) is 20.1. The quantitative estimate of drug-likeness (QED) is 0.772. The standard InChI is InChI=1S/C19H20Cl2N2O3/c1-12-15(20)5-4-6-17(12)23(13(2)24)10-9-19(25)22-14-7-8-18(26-3)16(21)11-14/h4-8,11H,9-10H2,1-3H3,(H,22,25). The maximum absolute atomic E-state index is 12.2. The number of halogens is 2. The highest BCUT2D eigenvalue weighted by Crippen LogP contribution is 2.28. The van der Waals surface area contributed by atoms with Gasteiger partial charge in [0.2, 0.25) is 11.8 Å². The molecule has 26 heavy (non-hydrogen) atoms. The number of carbonyl (C=O) groups excluding carboxylic acids is 2. The molecule has 138 valence electrons. The highest BCUT2D eigenvalue weighted by molar-refractivity contribution is 6.32. The van der Waals surface area contributed by atoms with Gasteiger partial charge in [-0.3, -0.25) is 9.59 Å². The molecule has 2 amide bonds. The summed E-state index contributed by atoms with van der Waals surface area (Å²) in [5.74, 6) is 0.150. The minimum atomic E-state index is -0.225. The van der Waals surface area contributed by atoms with Crippen molar-refractivity contribution in [2.45, 2.75) is 20.3 Å². The first-order chi connectivity index (χ1) is 12.3. The predicted molar refractivity (Wildman–Crippen MR) is 105 cm³/mol. The smallest absolute Gasteiger partial charge is 0.226 e. The van der Waals surface area contributed by atoms with Crippen LogP contribution in [-0.2, 0) is 9.59 Å². The summed E-state index contributed by atoms with van der Waals surface area (Å²) in [4.78, 5) is 25.8. The highest BCUT2D eigenvalue weighted by Gasteiger charge is 2.16. The van der Waals surface area contributed by atoms with E-state index in [9.17, 15) is 9.59 Å². The molecule has 0 aliphatic rings. The number of anilines is 2. The molecule has 2 aromatic carbocycles. The molecule has 0 unspecified atom stereocenters. The fourth-order valence-electron chi connectivity index (χ4n) is 2.52. The number of methoxy groups -OCH3 is 1. The fourth-order valence-corrected chi connectivity index (χ4v) is 2.94. The zero-order valence-corrected chi connectivity index (χ0v) is 16.3. The van der Waals surface area contributed by atoms with Crippen LogP contribution >= 0.6 is 23.2 Å². The van der Waals surface area contributed by atoms with Gasteiger partial charge in [-0.1, -0.05) is 29.3 Å². The molecule has 2 aromatic rings. The molecule has 7 heteroatoms.